The molecule has 2 aromatic carbocycles. The summed E-state index contributed by atoms with van der Waals surface area (Å²) in [5.41, 5.74) is 0.771. The van der Waals surface area contributed by atoms with Gasteiger partial charge >= 0.3 is 0 Å². The predicted molar refractivity (Wildman–Crippen MR) is 95.5 cm³/mol. The molecule has 1 aliphatic heterocycles. The van der Waals surface area contributed by atoms with Gasteiger partial charge in [-0.05, 0) is 62.3 Å². The minimum Gasteiger partial charge on any atom is -0.457 e. The second kappa shape index (κ2) is 8.47. The van der Waals surface area contributed by atoms with Crippen LogP contribution in [0.5, 0.6) is 11.5 Å². The Morgan fingerprint density at radius 3 is 2.38 bits per heavy atom. The average Bonchev–Trinajstić information content (AvgIpc) is 2.63. The maximum absolute atomic E-state index is 12.0. The molecule has 1 fully saturated rings. The van der Waals surface area contributed by atoms with E-state index in [4.69, 9.17) is 4.74 Å². The lowest BCUT2D eigenvalue weighted by molar-refractivity contribution is -0.115. The summed E-state index contributed by atoms with van der Waals surface area (Å²) in [5, 5.41) is 9.52. The number of nitrogens with one attached hydrogen (secondary N) is 3. The van der Waals surface area contributed by atoms with Crippen molar-refractivity contribution in [3.05, 3.63) is 54.6 Å². The molecule has 3 rings (SSSR count). The minimum absolute atomic E-state index is 0.0229. The molecule has 1 amide bonds. The van der Waals surface area contributed by atoms with Crippen LogP contribution in [-0.2, 0) is 4.79 Å². The van der Waals surface area contributed by atoms with E-state index in [9.17, 15) is 4.79 Å². The van der Waals surface area contributed by atoms with E-state index < -0.39 is 0 Å². The summed E-state index contributed by atoms with van der Waals surface area (Å²) < 4.78 is 5.73. The summed E-state index contributed by atoms with van der Waals surface area (Å²) in [6, 6.07) is 17.4. The molecule has 0 aliphatic carbocycles. The van der Waals surface area contributed by atoms with Gasteiger partial charge in [-0.15, -0.1) is 0 Å². The lowest BCUT2D eigenvalue weighted by atomic mass is 10.1. The number of piperidine rings is 1. The molecular formula is C19H23N3O2. The summed E-state index contributed by atoms with van der Waals surface area (Å²) in [6.07, 6.45) is 2.14. The van der Waals surface area contributed by atoms with E-state index >= 15 is 0 Å². The van der Waals surface area contributed by atoms with E-state index in [0.29, 0.717) is 12.6 Å². The third-order valence-corrected chi connectivity index (χ3v) is 4.01. The van der Waals surface area contributed by atoms with Crippen molar-refractivity contribution in [1.29, 1.82) is 0 Å². The van der Waals surface area contributed by atoms with Gasteiger partial charge < -0.3 is 20.7 Å². The maximum Gasteiger partial charge on any atom is 0.238 e. The number of carbonyl (C=O) groups excluding carboxylic acids is 1. The first-order chi connectivity index (χ1) is 11.8. The highest BCUT2D eigenvalue weighted by Gasteiger charge is 2.13. The number of anilines is 1. The summed E-state index contributed by atoms with van der Waals surface area (Å²) in [4.78, 5) is 12.0. The number of amides is 1. The van der Waals surface area contributed by atoms with Crippen LogP contribution in [0.25, 0.3) is 0 Å². The molecule has 126 valence electrons. The average molecular weight is 325 g/mol. The van der Waals surface area contributed by atoms with Gasteiger partial charge in [0.05, 0.1) is 6.54 Å². The molecule has 0 aromatic heterocycles. The Labute approximate surface area is 142 Å². The molecule has 5 heteroatoms. The lowest BCUT2D eigenvalue weighted by Gasteiger charge is -2.23. The van der Waals surface area contributed by atoms with Crippen LogP contribution < -0.4 is 20.7 Å². The Bertz CT molecular complexity index is 637. The van der Waals surface area contributed by atoms with Crippen molar-refractivity contribution in [2.75, 3.05) is 25.0 Å². The fraction of sp³-hybridized carbons (Fsp3) is 0.316. The second-order valence-corrected chi connectivity index (χ2v) is 5.89. The summed E-state index contributed by atoms with van der Waals surface area (Å²) in [5.74, 6) is 1.51. The van der Waals surface area contributed by atoms with E-state index in [2.05, 4.69) is 16.0 Å². The topological polar surface area (TPSA) is 62.4 Å². The molecule has 0 unspecified atom stereocenters. The maximum atomic E-state index is 12.0. The van der Waals surface area contributed by atoms with Gasteiger partial charge in [-0.25, -0.2) is 0 Å². The van der Waals surface area contributed by atoms with Crippen LogP contribution in [0.4, 0.5) is 5.69 Å². The van der Waals surface area contributed by atoms with Crippen LogP contribution in [0.2, 0.25) is 0 Å². The SMILES string of the molecule is O=C(CNC1CCNCC1)Nc1ccc(Oc2ccccc2)cc1. The smallest absolute Gasteiger partial charge is 0.238 e. The van der Waals surface area contributed by atoms with E-state index in [1.807, 2.05) is 54.6 Å². The van der Waals surface area contributed by atoms with Crippen molar-refractivity contribution >= 4 is 11.6 Å². The number of para-hydroxylation sites is 1. The monoisotopic (exact) mass is 325 g/mol. The van der Waals surface area contributed by atoms with Gasteiger partial charge in [0.1, 0.15) is 11.5 Å². The highest BCUT2D eigenvalue weighted by Crippen LogP contribution is 2.22. The first-order valence-corrected chi connectivity index (χ1v) is 8.36. The Kier molecular flexibility index (Phi) is 5.82. The number of hydrogen-bond acceptors (Lipinski definition) is 4. The fourth-order valence-electron chi connectivity index (χ4n) is 2.70. The summed E-state index contributed by atoms with van der Waals surface area (Å²) in [6.45, 7) is 2.37. The van der Waals surface area contributed by atoms with Crippen molar-refractivity contribution in [2.24, 2.45) is 0 Å². The van der Waals surface area contributed by atoms with Crippen molar-refractivity contribution in [1.82, 2.24) is 10.6 Å². The van der Waals surface area contributed by atoms with Gasteiger partial charge in [0, 0.05) is 11.7 Å². The molecule has 1 heterocycles. The fourth-order valence-corrected chi connectivity index (χ4v) is 2.70. The first-order valence-electron chi connectivity index (χ1n) is 8.36. The van der Waals surface area contributed by atoms with Crippen molar-refractivity contribution < 1.29 is 9.53 Å². The molecule has 0 bridgehead atoms. The second-order valence-electron chi connectivity index (χ2n) is 5.89. The first kappa shape index (κ1) is 16.5. The molecule has 5 nitrogen and oxygen atoms in total. The third kappa shape index (κ3) is 5.08. The van der Waals surface area contributed by atoms with E-state index in [1.54, 1.807) is 0 Å². The standard InChI is InChI=1S/C19H23N3O2/c23-19(14-21-15-10-12-20-13-11-15)22-16-6-8-18(9-7-16)24-17-4-2-1-3-5-17/h1-9,15,20-21H,10-14H2,(H,22,23). The van der Waals surface area contributed by atoms with Crippen LogP contribution >= 0.6 is 0 Å². The highest BCUT2D eigenvalue weighted by atomic mass is 16.5. The van der Waals surface area contributed by atoms with Gasteiger partial charge in [0.15, 0.2) is 0 Å². The molecule has 0 spiro atoms. The van der Waals surface area contributed by atoms with Gasteiger partial charge in [-0.3, -0.25) is 4.79 Å². The van der Waals surface area contributed by atoms with Crippen LogP contribution in [0.3, 0.4) is 0 Å². The van der Waals surface area contributed by atoms with Crippen LogP contribution in [0, 0.1) is 0 Å². The van der Waals surface area contributed by atoms with Gasteiger partial charge in [-0.1, -0.05) is 18.2 Å². The molecule has 0 atom stereocenters. The summed E-state index contributed by atoms with van der Waals surface area (Å²) >= 11 is 0. The third-order valence-electron chi connectivity index (χ3n) is 4.01. The Hall–Kier alpha value is -2.37. The summed E-state index contributed by atoms with van der Waals surface area (Å²) in [7, 11) is 0. The van der Waals surface area contributed by atoms with Crippen LogP contribution in [0.15, 0.2) is 54.6 Å². The molecule has 2 aromatic rings. The molecule has 3 N–H and O–H groups in total. The zero-order valence-corrected chi connectivity index (χ0v) is 13.6. The predicted octanol–water partition coefficient (Wildman–Crippen LogP) is 2.76. The number of ether oxygens (including phenoxy) is 1. The van der Waals surface area contributed by atoms with E-state index in [-0.39, 0.29) is 5.91 Å². The molecule has 24 heavy (non-hydrogen) atoms. The number of hydrogen-bond donors (Lipinski definition) is 3. The largest absolute Gasteiger partial charge is 0.457 e. The van der Waals surface area contributed by atoms with Gasteiger partial charge in [0.25, 0.3) is 0 Å². The lowest BCUT2D eigenvalue weighted by Crippen LogP contribution is -2.42. The minimum atomic E-state index is -0.0229. The molecule has 0 radical (unpaired) electrons. The Morgan fingerprint density at radius 2 is 1.67 bits per heavy atom. The molecule has 0 saturated carbocycles. The van der Waals surface area contributed by atoms with Crippen LogP contribution in [0.1, 0.15) is 12.8 Å². The number of carbonyl (C=O) groups is 1. The number of rotatable bonds is 6. The quantitative estimate of drug-likeness (QED) is 0.764. The van der Waals surface area contributed by atoms with E-state index in [1.165, 1.54) is 0 Å². The van der Waals surface area contributed by atoms with Crippen molar-refractivity contribution in [3.63, 3.8) is 0 Å². The zero-order chi connectivity index (χ0) is 16.6. The molecular weight excluding hydrogens is 302 g/mol. The normalized spacial score (nSPS) is 15.0. The molecule has 1 aliphatic rings. The Balaban J connectivity index is 1.45. The van der Waals surface area contributed by atoms with Crippen molar-refractivity contribution in [2.45, 2.75) is 18.9 Å². The Morgan fingerprint density at radius 1 is 1.00 bits per heavy atom. The van der Waals surface area contributed by atoms with Crippen molar-refractivity contribution in [3.8, 4) is 11.5 Å². The highest BCUT2D eigenvalue weighted by molar-refractivity contribution is 5.92. The number of benzene rings is 2. The van der Waals surface area contributed by atoms with Crippen LogP contribution in [-0.4, -0.2) is 31.6 Å². The molecule has 1 saturated heterocycles. The zero-order valence-electron chi connectivity index (χ0n) is 13.6. The van der Waals surface area contributed by atoms with Gasteiger partial charge in [-0.2, -0.15) is 0 Å². The van der Waals surface area contributed by atoms with E-state index in [0.717, 1.165) is 43.1 Å². The van der Waals surface area contributed by atoms with Gasteiger partial charge in [0.2, 0.25) is 5.91 Å².